The van der Waals surface area contributed by atoms with Crippen molar-refractivity contribution in [2.24, 2.45) is 5.92 Å². The molecule has 130 valence electrons. The van der Waals surface area contributed by atoms with Crippen LogP contribution in [0.2, 0.25) is 0 Å². The van der Waals surface area contributed by atoms with Gasteiger partial charge >= 0.3 is 0 Å². The van der Waals surface area contributed by atoms with E-state index in [1.807, 2.05) is 32.3 Å². The van der Waals surface area contributed by atoms with Crippen LogP contribution < -0.4 is 25.4 Å². The van der Waals surface area contributed by atoms with Crippen LogP contribution >= 0.6 is 0 Å². The van der Waals surface area contributed by atoms with Gasteiger partial charge in [0, 0.05) is 37.5 Å². The summed E-state index contributed by atoms with van der Waals surface area (Å²) in [5.74, 6) is 3.05. The maximum absolute atomic E-state index is 5.91. The lowest BCUT2D eigenvalue weighted by Crippen LogP contribution is -2.21. The molecular formula is C17H25N5O2. The summed E-state index contributed by atoms with van der Waals surface area (Å²) in [7, 11) is 5.38. The van der Waals surface area contributed by atoms with Crippen LogP contribution in [0, 0.1) is 5.92 Å². The van der Waals surface area contributed by atoms with Gasteiger partial charge in [0.2, 0.25) is 5.95 Å². The van der Waals surface area contributed by atoms with Crippen LogP contribution in [0.4, 0.5) is 17.5 Å². The molecule has 0 saturated carbocycles. The van der Waals surface area contributed by atoms with Crippen molar-refractivity contribution in [1.29, 1.82) is 0 Å². The van der Waals surface area contributed by atoms with Crippen LogP contribution in [0.1, 0.15) is 6.92 Å². The second-order valence-electron chi connectivity index (χ2n) is 5.48. The number of ether oxygens (including phenoxy) is 2. The van der Waals surface area contributed by atoms with Crippen molar-refractivity contribution in [1.82, 2.24) is 15.3 Å². The number of anilines is 3. The summed E-state index contributed by atoms with van der Waals surface area (Å²) in [5.41, 5.74) is 0.834. The van der Waals surface area contributed by atoms with Crippen LogP contribution in [0.25, 0.3) is 0 Å². The second kappa shape index (κ2) is 8.93. The highest BCUT2D eigenvalue weighted by molar-refractivity contribution is 5.60. The summed E-state index contributed by atoms with van der Waals surface area (Å²) in [5, 5.41) is 9.30. The Hall–Kier alpha value is -2.54. The molecule has 1 atom stereocenters. The van der Waals surface area contributed by atoms with Gasteiger partial charge in [-0.25, -0.2) is 4.98 Å². The summed E-state index contributed by atoms with van der Waals surface area (Å²) >= 11 is 0. The molecule has 24 heavy (non-hydrogen) atoms. The van der Waals surface area contributed by atoms with Crippen molar-refractivity contribution in [3.05, 3.63) is 30.5 Å². The van der Waals surface area contributed by atoms with Crippen molar-refractivity contribution in [3.8, 4) is 11.5 Å². The molecule has 0 radical (unpaired) electrons. The monoisotopic (exact) mass is 331 g/mol. The summed E-state index contributed by atoms with van der Waals surface area (Å²) in [6.45, 7) is 3.62. The molecule has 0 aliphatic rings. The zero-order valence-corrected chi connectivity index (χ0v) is 14.6. The normalized spacial score (nSPS) is 11.7. The van der Waals surface area contributed by atoms with Gasteiger partial charge in [0.1, 0.15) is 5.82 Å². The first-order chi connectivity index (χ1) is 11.7. The van der Waals surface area contributed by atoms with E-state index in [2.05, 4.69) is 32.8 Å². The second-order valence-corrected chi connectivity index (χ2v) is 5.48. The zero-order valence-electron chi connectivity index (χ0n) is 14.6. The average molecular weight is 331 g/mol. The third kappa shape index (κ3) is 4.99. The molecule has 0 aliphatic carbocycles. The Labute approximate surface area is 142 Å². The molecule has 2 aromatic rings. The van der Waals surface area contributed by atoms with E-state index < -0.39 is 0 Å². The van der Waals surface area contributed by atoms with E-state index in [4.69, 9.17) is 9.47 Å². The van der Waals surface area contributed by atoms with E-state index >= 15 is 0 Å². The maximum atomic E-state index is 5.91. The van der Waals surface area contributed by atoms with Gasteiger partial charge in [0.15, 0.2) is 11.5 Å². The first-order valence-electron chi connectivity index (χ1n) is 7.89. The van der Waals surface area contributed by atoms with E-state index in [1.165, 1.54) is 0 Å². The molecule has 0 fully saturated rings. The lowest BCUT2D eigenvalue weighted by atomic mass is 10.2. The number of methoxy groups -OCH3 is 1. The van der Waals surface area contributed by atoms with Crippen LogP contribution in [-0.4, -0.2) is 44.3 Å². The van der Waals surface area contributed by atoms with Crippen LogP contribution in [-0.2, 0) is 0 Å². The summed E-state index contributed by atoms with van der Waals surface area (Å²) in [6.07, 6.45) is 1.70. The molecule has 3 N–H and O–H groups in total. The topological polar surface area (TPSA) is 80.3 Å². The first-order valence-corrected chi connectivity index (χ1v) is 7.89. The van der Waals surface area contributed by atoms with Gasteiger partial charge in [-0.1, -0.05) is 6.92 Å². The number of aromatic nitrogens is 2. The number of nitrogens with zero attached hydrogens (tertiary/aromatic N) is 2. The molecule has 2 rings (SSSR count). The summed E-state index contributed by atoms with van der Waals surface area (Å²) in [4.78, 5) is 8.55. The van der Waals surface area contributed by atoms with E-state index in [-0.39, 0.29) is 0 Å². The maximum Gasteiger partial charge on any atom is 0.229 e. The van der Waals surface area contributed by atoms with Gasteiger partial charge in [-0.05, 0) is 25.2 Å². The standard InChI is InChI=1S/C17H25N5O2/c1-12(10-18-2)11-24-15-9-13(5-6-14(15)23-4)21-17-20-8-7-16(19-3)22-17/h5-9,12,18H,10-11H2,1-4H3,(H2,19,20,21,22)/t12-/m0/s1. The first kappa shape index (κ1) is 17.8. The Kier molecular flexibility index (Phi) is 6.62. The lowest BCUT2D eigenvalue weighted by Gasteiger charge is -2.16. The molecule has 1 aromatic carbocycles. The van der Waals surface area contributed by atoms with Crippen molar-refractivity contribution in [2.45, 2.75) is 6.92 Å². The molecule has 0 unspecified atom stereocenters. The van der Waals surface area contributed by atoms with Gasteiger partial charge in [-0.15, -0.1) is 0 Å². The molecule has 0 bridgehead atoms. The van der Waals surface area contributed by atoms with Crippen LogP contribution in [0.15, 0.2) is 30.5 Å². The van der Waals surface area contributed by atoms with Gasteiger partial charge in [0.25, 0.3) is 0 Å². The largest absolute Gasteiger partial charge is 0.493 e. The SMILES string of the molecule is CNC[C@H](C)COc1cc(Nc2nccc(NC)n2)ccc1OC. The van der Waals surface area contributed by atoms with E-state index in [9.17, 15) is 0 Å². The minimum absolute atomic E-state index is 0.395. The van der Waals surface area contributed by atoms with Crippen molar-refractivity contribution in [3.63, 3.8) is 0 Å². The lowest BCUT2D eigenvalue weighted by molar-refractivity contribution is 0.246. The fourth-order valence-corrected chi connectivity index (χ4v) is 2.19. The Morgan fingerprint density at radius 3 is 2.71 bits per heavy atom. The average Bonchev–Trinajstić information content (AvgIpc) is 2.60. The van der Waals surface area contributed by atoms with Crippen LogP contribution in [0.5, 0.6) is 11.5 Å². The molecule has 7 heteroatoms. The zero-order chi connectivity index (χ0) is 17.4. The van der Waals surface area contributed by atoms with Gasteiger partial charge in [-0.2, -0.15) is 4.98 Å². The summed E-state index contributed by atoms with van der Waals surface area (Å²) < 4.78 is 11.3. The molecule has 0 aliphatic heterocycles. The summed E-state index contributed by atoms with van der Waals surface area (Å²) in [6, 6.07) is 7.46. The molecule has 0 saturated heterocycles. The predicted octanol–water partition coefficient (Wildman–Crippen LogP) is 2.50. The molecular weight excluding hydrogens is 306 g/mol. The van der Waals surface area contributed by atoms with E-state index in [0.717, 1.165) is 18.1 Å². The smallest absolute Gasteiger partial charge is 0.229 e. The minimum atomic E-state index is 0.395. The fourth-order valence-electron chi connectivity index (χ4n) is 2.19. The number of nitrogens with one attached hydrogen (secondary N) is 3. The number of hydrogen-bond donors (Lipinski definition) is 3. The predicted molar refractivity (Wildman–Crippen MR) is 96.4 cm³/mol. The molecule has 0 spiro atoms. The van der Waals surface area contributed by atoms with Gasteiger partial charge in [0.05, 0.1) is 13.7 Å². The Morgan fingerprint density at radius 1 is 1.17 bits per heavy atom. The third-order valence-electron chi connectivity index (χ3n) is 3.41. The highest BCUT2D eigenvalue weighted by atomic mass is 16.5. The Balaban J connectivity index is 2.11. The van der Waals surface area contributed by atoms with E-state index in [0.29, 0.717) is 30.0 Å². The highest BCUT2D eigenvalue weighted by Crippen LogP contribution is 2.31. The number of hydrogen-bond acceptors (Lipinski definition) is 7. The van der Waals surface area contributed by atoms with Crippen molar-refractivity contribution in [2.75, 3.05) is 45.0 Å². The van der Waals surface area contributed by atoms with Gasteiger partial charge in [-0.3, -0.25) is 0 Å². The van der Waals surface area contributed by atoms with Gasteiger partial charge < -0.3 is 25.4 Å². The highest BCUT2D eigenvalue weighted by Gasteiger charge is 2.09. The Morgan fingerprint density at radius 2 is 2.00 bits per heavy atom. The third-order valence-corrected chi connectivity index (χ3v) is 3.41. The van der Waals surface area contributed by atoms with E-state index in [1.54, 1.807) is 19.4 Å². The molecule has 7 nitrogen and oxygen atoms in total. The molecule has 1 aromatic heterocycles. The Bertz CT molecular complexity index is 651. The number of benzene rings is 1. The number of rotatable bonds is 9. The fraction of sp³-hybridized carbons (Fsp3) is 0.412. The molecule has 0 amide bonds. The molecule has 1 heterocycles. The minimum Gasteiger partial charge on any atom is -0.493 e. The van der Waals surface area contributed by atoms with Crippen molar-refractivity contribution >= 4 is 17.5 Å². The quantitative estimate of drug-likeness (QED) is 0.651. The van der Waals surface area contributed by atoms with Crippen LogP contribution in [0.3, 0.4) is 0 Å². The van der Waals surface area contributed by atoms with Crippen molar-refractivity contribution < 1.29 is 9.47 Å².